The van der Waals surface area contributed by atoms with E-state index in [1.807, 2.05) is 0 Å². The fraction of sp³-hybridized carbons (Fsp3) is 0.333. The van der Waals surface area contributed by atoms with Gasteiger partial charge in [0.05, 0.1) is 0 Å². The number of allylic oxidation sites excluding steroid dienone is 1. The number of alkyl halides is 1. The Morgan fingerprint density at radius 3 is 2.00 bits per heavy atom. The highest BCUT2D eigenvalue weighted by atomic mass is 79.9. The summed E-state index contributed by atoms with van der Waals surface area (Å²) < 4.78 is 0. The molecule has 0 rings (SSSR count). The van der Waals surface area contributed by atoms with Crippen LogP contribution in [-0.4, -0.2) is 11.3 Å². The van der Waals surface area contributed by atoms with Crippen LogP contribution in [0.15, 0.2) is 11.8 Å². The molecule has 0 nitrogen and oxygen atoms in total. The third-order valence-corrected chi connectivity index (χ3v) is 2.52. The van der Waals surface area contributed by atoms with Crippen molar-refractivity contribution in [3.05, 3.63) is 11.8 Å². The van der Waals surface area contributed by atoms with E-state index in [9.17, 15) is 0 Å². The van der Waals surface area contributed by atoms with E-state index in [4.69, 9.17) is 33.2 Å². The maximum absolute atomic E-state index is 5.47. The molecule has 0 amide bonds. The quantitative estimate of drug-likeness (QED) is 0.403. The Morgan fingerprint density at radius 1 is 1.38 bits per heavy atom. The normalized spacial score (nSPS) is 13.0. The van der Waals surface area contributed by atoms with Crippen molar-refractivity contribution in [1.82, 2.24) is 0 Å². The minimum atomic E-state index is -2.47. The summed E-state index contributed by atoms with van der Waals surface area (Å²) in [4.78, 5) is 0. The first kappa shape index (κ1) is 9.31. The highest BCUT2D eigenvalue weighted by Gasteiger charge is 2.18. The lowest BCUT2D eigenvalue weighted by molar-refractivity contribution is 1.84. The van der Waals surface area contributed by atoms with Gasteiger partial charge in [-0.05, 0) is 0 Å². The van der Waals surface area contributed by atoms with Crippen molar-refractivity contribution >= 4 is 55.2 Å². The van der Waals surface area contributed by atoms with E-state index >= 15 is 0 Å². The molecule has 0 radical (unpaired) electrons. The predicted octanol–water partition coefficient (Wildman–Crippen LogP) is 3.13. The van der Waals surface area contributed by atoms with Crippen LogP contribution in [0.4, 0.5) is 0 Å². The molecule has 0 aliphatic carbocycles. The van der Waals surface area contributed by atoms with E-state index in [0.29, 0.717) is 0 Å². The summed E-state index contributed by atoms with van der Waals surface area (Å²) in [6.07, 6.45) is 1.79. The molecule has 0 saturated carbocycles. The zero-order valence-electron chi connectivity index (χ0n) is 3.87. The molecule has 0 atom stereocenters. The van der Waals surface area contributed by atoms with Gasteiger partial charge in [0.1, 0.15) is 0 Å². The monoisotopic (exact) mass is 252 g/mol. The second kappa shape index (κ2) is 4.17. The summed E-state index contributed by atoms with van der Waals surface area (Å²) in [6.45, 7) is 0. The van der Waals surface area contributed by atoms with E-state index in [1.54, 1.807) is 11.8 Å². The molecule has 0 aliphatic rings. The van der Waals surface area contributed by atoms with Gasteiger partial charge in [0, 0.05) is 5.33 Å². The minimum Gasteiger partial charge on any atom is -0.121 e. The smallest absolute Gasteiger partial charge is 0.121 e. The standard InChI is InChI=1S/C3H4BrCl3Si/c4-2-1-3-8(5,6)7/h1,3H,2H2/b3-1+. The Bertz CT molecular complexity index is 87.0. The molecule has 0 aliphatic heterocycles. The number of hydrogen-bond donors (Lipinski definition) is 0. The maximum atomic E-state index is 5.47. The summed E-state index contributed by atoms with van der Waals surface area (Å²) in [7, 11) is 0. The van der Waals surface area contributed by atoms with Crippen molar-refractivity contribution in [2.75, 3.05) is 5.33 Å². The highest BCUT2D eigenvalue weighted by Crippen LogP contribution is 2.20. The van der Waals surface area contributed by atoms with Gasteiger partial charge in [0.2, 0.25) is 0 Å². The Balaban J connectivity index is 3.52. The van der Waals surface area contributed by atoms with Gasteiger partial charge in [-0.3, -0.25) is 0 Å². The fourth-order valence-corrected chi connectivity index (χ4v) is 1.90. The van der Waals surface area contributed by atoms with E-state index in [1.165, 1.54) is 0 Å². The van der Waals surface area contributed by atoms with Gasteiger partial charge in [0.15, 0.2) is 0 Å². The van der Waals surface area contributed by atoms with Crippen LogP contribution in [-0.2, 0) is 0 Å². The second-order valence-corrected chi connectivity index (χ2v) is 10.3. The van der Waals surface area contributed by atoms with Crippen molar-refractivity contribution in [2.24, 2.45) is 0 Å². The van der Waals surface area contributed by atoms with Crippen molar-refractivity contribution in [2.45, 2.75) is 0 Å². The second-order valence-electron chi connectivity index (χ2n) is 1.10. The first-order valence-electron chi connectivity index (χ1n) is 1.86. The summed E-state index contributed by atoms with van der Waals surface area (Å²) in [5.74, 6) is 0. The van der Waals surface area contributed by atoms with Gasteiger partial charge in [0.25, 0.3) is 0 Å². The molecule has 0 aromatic carbocycles. The third-order valence-electron chi connectivity index (χ3n) is 0.396. The average Bonchev–Trinajstić information content (AvgIpc) is 1.59. The summed E-state index contributed by atoms with van der Waals surface area (Å²) >= 11 is 19.6. The van der Waals surface area contributed by atoms with Crippen LogP contribution in [0.25, 0.3) is 0 Å². The molecular weight excluding hydrogens is 250 g/mol. The van der Waals surface area contributed by atoms with Crippen LogP contribution in [0.2, 0.25) is 0 Å². The number of hydrogen-bond acceptors (Lipinski definition) is 0. The number of halogens is 4. The molecule has 5 heteroatoms. The van der Waals surface area contributed by atoms with Crippen LogP contribution in [0, 0.1) is 0 Å². The topological polar surface area (TPSA) is 0 Å². The molecular formula is C3H4BrCl3Si. The summed E-state index contributed by atoms with van der Waals surface area (Å²) in [5.41, 5.74) is 1.63. The van der Waals surface area contributed by atoms with Gasteiger partial charge in [-0.15, -0.1) is 33.2 Å². The van der Waals surface area contributed by atoms with E-state index in [2.05, 4.69) is 15.9 Å². The number of rotatable bonds is 2. The van der Waals surface area contributed by atoms with Crippen LogP contribution in [0.3, 0.4) is 0 Å². The van der Waals surface area contributed by atoms with Crippen LogP contribution >= 0.6 is 49.2 Å². The molecule has 0 N–H and O–H groups in total. The van der Waals surface area contributed by atoms with Gasteiger partial charge in [-0.25, -0.2) is 0 Å². The molecule has 0 saturated heterocycles. The largest absolute Gasteiger partial charge is 0.365 e. The lowest BCUT2D eigenvalue weighted by Gasteiger charge is -1.95. The van der Waals surface area contributed by atoms with E-state index in [0.717, 1.165) is 5.33 Å². The van der Waals surface area contributed by atoms with Gasteiger partial charge >= 0.3 is 6.00 Å². The van der Waals surface area contributed by atoms with Crippen LogP contribution < -0.4 is 0 Å². The van der Waals surface area contributed by atoms with Crippen molar-refractivity contribution in [1.29, 1.82) is 0 Å². The van der Waals surface area contributed by atoms with Crippen molar-refractivity contribution < 1.29 is 0 Å². The predicted molar refractivity (Wildman–Crippen MR) is 46.2 cm³/mol. The third kappa shape index (κ3) is 7.31. The lowest BCUT2D eigenvalue weighted by atomic mass is 10.8. The fourth-order valence-electron chi connectivity index (χ4n) is 0.178. The van der Waals surface area contributed by atoms with E-state index in [-0.39, 0.29) is 0 Å². The summed E-state index contributed by atoms with van der Waals surface area (Å²) in [6, 6.07) is -2.47. The molecule has 0 unspecified atom stereocenters. The Morgan fingerprint density at radius 2 is 1.88 bits per heavy atom. The summed E-state index contributed by atoms with van der Waals surface area (Å²) in [5, 5.41) is 0.744. The molecule has 0 fully saturated rings. The molecule has 0 heterocycles. The molecule has 8 heavy (non-hydrogen) atoms. The van der Waals surface area contributed by atoms with E-state index < -0.39 is 6.00 Å². The van der Waals surface area contributed by atoms with Gasteiger partial charge in [-0.1, -0.05) is 27.7 Å². The lowest BCUT2D eigenvalue weighted by Crippen LogP contribution is -2.03. The zero-order chi connectivity index (χ0) is 6.62. The van der Waals surface area contributed by atoms with Crippen LogP contribution in [0.5, 0.6) is 0 Å². The molecule has 0 spiro atoms. The molecule has 48 valence electrons. The average molecular weight is 254 g/mol. The molecule has 0 bridgehead atoms. The minimum absolute atomic E-state index is 0.744. The van der Waals surface area contributed by atoms with Crippen molar-refractivity contribution in [3.8, 4) is 0 Å². The Kier molecular flexibility index (Phi) is 4.86. The first-order chi connectivity index (χ1) is 3.56. The Labute approximate surface area is 72.1 Å². The van der Waals surface area contributed by atoms with Gasteiger partial charge in [-0.2, -0.15) is 0 Å². The highest BCUT2D eigenvalue weighted by molar-refractivity contribution is 9.09. The van der Waals surface area contributed by atoms with Crippen molar-refractivity contribution in [3.63, 3.8) is 0 Å². The first-order valence-corrected chi connectivity index (χ1v) is 8.10. The maximum Gasteiger partial charge on any atom is 0.365 e. The van der Waals surface area contributed by atoms with Crippen LogP contribution in [0.1, 0.15) is 0 Å². The Hall–Kier alpha value is 1.31. The molecule has 0 aromatic heterocycles. The zero-order valence-corrected chi connectivity index (χ0v) is 8.73. The SMILES string of the molecule is Cl[Si](Cl)(Cl)/C=C/CBr. The van der Waals surface area contributed by atoms with Gasteiger partial charge < -0.3 is 0 Å². The molecule has 0 aromatic rings.